The van der Waals surface area contributed by atoms with Gasteiger partial charge in [0.25, 0.3) is 0 Å². The van der Waals surface area contributed by atoms with Crippen LogP contribution >= 0.6 is 0 Å². The molecule has 2 heterocycles. The lowest BCUT2D eigenvalue weighted by molar-refractivity contribution is 0.122. The number of carbonyl (C=O) groups excluding carboxylic acids is 1. The largest absolute Gasteiger partial charge is 0.490 e. The predicted molar refractivity (Wildman–Crippen MR) is 96.5 cm³/mol. The number of urea groups is 1. The van der Waals surface area contributed by atoms with E-state index in [1.807, 2.05) is 54.3 Å². The summed E-state index contributed by atoms with van der Waals surface area (Å²) in [6, 6.07) is 13.6. The van der Waals surface area contributed by atoms with E-state index in [0.717, 1.165) is 12.1 Å². The first kappa shape index (κ1) is 17.2. The minimum atomic E-state index is -0.0577. The summed E-state index contributed by atoms with van der Waals surface area (Å²) < 4.78 is 5.79. The van der Waals surface area contributed by atoms with Crippen LogP contribution in [0.15, 0.2) is 54.9 Å². The zero-order valence-corrected chi connectivity index (χ0v) is 14.4. The number of nitrogens with zero attached hydrogens (tertiary/aromatic N) is 2. The molecule has 2 N–H and O–H groups in total. The fourth-order valence-electron chi connectivity index (χ4n) is 2.90. The quantitative estimate of drug-likeness (QED) is 0.876. The maximum Gasteiger partial charge on any atom is 0.318 e. The molecule has 0 radical (unpaired) electrons. The van der Waals surface area contributed by atoms with Crippen LogP contribution < -0.4 is 15.4 Å². The normalized spacial score (nSPS) is 18.4. The van der Waals surface area contributed by atoms with Crippen molar-refractivity contribution in [2.45, 2.75) is 19.0 Å². The van der Waals surface area contributed by atoms with E-state index < -0.39 is 0 Å². The number of hydrogen-bond acceptors (Lipinski definition) is 4. The van der Waals surface area contributed by atoms with E-state index in [0.29, 0.717) is 25.4 Å². The highest BCUT2D eigenvalue weighted by molar-refractivity contribution is 5.75. The lowest BCUT2D eigenvalue weighted by atomic mass is 10.1. The summed E-state index contributed by atoms with van der Waals surface area (Å²) >= 11 is 0. The van der Waals surface area contributed by atoms with E-state index in [1.54, 1.807) is 12.4 Å². The fraction of sp³-hybridized carbons (Fsp3) is 0.368. The Morgan fingerprint density at radius 1 is 1.36 bits per heavy atom. The van der Waals surface area contributed by atoms with E-state index in [4.69, 9.17) is 4.74 Å². The van der Waals surface area contributed by atoms with Gasteiger partial charge in [0.15, 0.2) is 0 Å². The fourth-order valence-corrected chi connectivity index (χ4v) is 2.90. The van der Waals surface area contributed by atoms with Crippen LogP contribution in [-0.4, -0.2) is 48.2 Å². The molecule has 0 spiro atoms. The van der Waals surface area contributed by atoms with Crippen molar-refractivity contribution in [2.75, 3.05) is 26.2 Å². The van der Waals surface area contributed by atoms with E-state index in [2.05, 4.69) is 15.6 Å². The Balaban J connectivity index is 1.59. The van der Waals surface area contributed by atoms with Crippen molar-refractivity contribution in [3.8, 4) is 5.75 Å². The van der Waals surface area contributed by atoms with E-state index >= 15 is 0 Å². The van der Waals surface area contributed by atoms with Crippen molar-refractivity contribution in [1.29, 1.82) is 0 Å². The van der Waals surface area contributed by atoms with Gasteiger partial charge in [0.2, 0.25) is 0 Å². The highest BCUT2D eigenvalue weighted by Gasteiger charge is 2.28. The molecule has 1 aliphatic rings. The van der Waals surface area contributed by atoms with Crippen molar-refractivity contribution in [1.82, 2.24) is 20.5 Å². The first-order chi connectivity index (χ1) is 12.2. The Bertz CT molecular complexity index is 666. The minimum Gasteiger partial charge on any atom is -0.490 e. The Hall–Kier alpha value is -2.60. The second-order valence-electron chi connectivity index (χ2n) is 6.13. The summed E-state index contributed by atoms with van der Waals surface area (Å²) in [6.07, 6.45) is 3.39. The van der Waals surface area contributed by atoms with E-state index in [-0.39, 0.29) is 18.1 Å². The number of amides is 2. The van der Waals surface area contributed by atoms with Gasteiger partial charge in [0.05, 0.1) is 18.3 Å². The molecule has 1 saturated heterocycles. The number of rotatable bonds is 5. The summed E-state index contributed by atoms with van der Waals surface area (Å²) in [5, 5.41) is 6.41. The molecule has 132 valence electrons. The highest BCUT2D eigenvalue weighted by atomic mass is 16.5. The van der Waals surface area contributed by atoms with Gasteiger partial charge in [-0.1, -0.05) is 30.3 Å². The molecule has 6 heteroatoms. The molecule has 6 nitrogen and oxygen atoms in total. The molecular formula is C19H24N4O2. The third-order valence-electron chi connectivity index (χ3n) is 4.33. The van der Waals surface area contributed by atoms with Crippen LogP contribution in [0.3, 0.4) is 0 Å². The van der Waals surface area contributed by atoms with Gasteiger partial charge in [-0.05, 0) is 24.6 Å². The summed E-state index contributed by atoms with van der Waals surface area (Å²) in [6.45, 7) is 4.60. The lowest BCUT2D eigenvalue weighted by Gasteiger charge is -2.36. The Morgan fingerprint density at radius 2 is 2.20 bits per heavy atom. The summed E-state index contributed by atoms with van der Waals surface area (Å²) in [5.41, 5.74) is 1.09. The van der Waals surface area contributed by atoms with Gasteiger partial charge in [-0.2, -0.15) is 0 Å². The van der Waals surface area contributed by atoms with Crippen LogP contribution in [0.4, 0.5) is 4.79 Å². The van der Waals surface area contributed by atoms with Crippen molar-refractivity contribution < 1.29 is 9.53 Å². The van der Waals surface area contributed by atoms with Crippen molar-refractivity contribution in [3.63, 3.8) is 0 Å². The van der Waals surface area contributed by atoms with Gasteiger partial charge in [0.1, 0.15) is 12.4 Å². The zero-order chi connectivity index (χ0) is 17.5. The minimum absolute atomic E-state index is 0.0167. The number of aromatic nitrogens is 1. The van der Waals surface area contributed by atoms with E-state index in [1.165, 1.54) is 0 Å². The molecule has 1 fully saturated rings. The lowest BCUT2D eigenvalue weighted by Crippen LogP contribution is -2.58. The van der Waals surface area contributed by atoms with Gasteiger partial charge in [-0.15, -0.1) is 0 Å². The number of pyridine rings is 1. The van der Waals surface area contributed by atoms with Gasteiger partial charge in [0, 0.05) is 25.8 Å². The molecule has 0 aliphatic carbocycles. The SMILES string of the molecule is C[C@@H](NC(=O)N1CCNC[C@H]1COc1cccnc1)c1ccccc1. The first-order valence-corrected chi connectivity index (χ1v) is 8.59. The molecular weight excluding hydrogens is 316 g/mol. The van der Waals surface area contributed by atoms with Crippen LogP contribution in [0.1, 0.15) is 18.5 Å². The van der Waals surface area contributed by atoms with Crippen LogP contribution in [0.5, 0.6) is 5.75 Å². The van der Waals surface area contributed by atoms with Crippen molar-refractivity contribution in [2.24, 2.45) is 0 Å². The third-order valence-corrected chi connectivity index (χ3v) is 4.33. The van der Waals surface area contributed by atoms with Gasteiger partial charge >= 0.3 is 6.03 Å². The highest BCUT2D eigenvalue weighted by Crippen LogP contribution is 2.14. The number of hydrogen-bond donors (Lipinski definition) is 2. The number of ether oxygens (including phenoxy) is 1. The molecule has 1 aromatic carbocycles. The second-order valence-corrected chi connectivity index (χ2v) is 6.13. The zero-order valence-electron chi connectivity index (χ0n) is 14.4. The van der Waals surface area contributed by atoms with Crippen molar-refractivity contribution in [3.05, 3.63) is 60.4 Å². The number of piperazine rings is 1. The van der Waals surface area contributed by atoms with Gasteiger partial charge in [-0.25, -0.2) is 4.79 Å². The van der Waals surface area contributed by atoms with Crippen LogP contribution in [0.25, 0.3) is 0 Å². The smallest absolute Gasteiger partial charge is 0.318 e. The Kier molecular flexibility index (Phi) is 5.85. The summed E-state index contributed by atoms with van der Waals surface area (Å²) in [4.78, 5) is 18.6. The molecule has 0 unspecified atom stereocenters. The molecule has 0 bridgehead atoms. The number of benzene rings is 1. The maximum absolute atomic E-state index is 12.7. The van der Waals surface area contributed by atoms with Crippen LogP contribution in [-0.2, 0) is 0 Å². The molecule has 2 aromatic rings. The summed E-state index contributed by atoms with van der Waals surface area (Å²) in [7, 11) is 0. The standard InChI is InChI=1S/C19H24N4O2/c1-15(16-6-3-2-4-7-16)22-19(24)23-11-10-21-12-17(23)14-25-18-8-5-9-20-13-18/h2-9,13,15,17,21H,10-12,14H2,1H3,(H,22,24)/t15-,17+/m1/s1. The average molecular weight is 340 g/mol. The second kappa shape index (κ2) is 8.48. The van der Waals surface area contributed by atoms with Gasteiger partial charge in [-0.3, -0.25) is 4.98 Å². The van der Waals surface area contributed by atoms with Gasteiger partial charge < -0.3 is 20.3 Å². The van der Waals surface area contributed by atoms with Crippen molar-refractivity contribution >= 4 is 6.03 Å². The summed E-state index contributed by atoms with van der Waals surface area (Å²) in [5.74, 6) is 0.714. The number of nitrogens with one attached hydrogen (secondary N) is 2. The molecule has 3 rings (SSSR count). The Morgan fingerprint density at radius 3 is 2.96 bits per heavy atom. The number of carbonyl (C=O) groups is 1. The molecule has 25 heavy (non-hydrogen) atoms. The predicted octanol–water partition coefficient (Wildman–Crippen LogP) is 2.20. The molecule has 2 atom stereocenters. The molecule has 1 aromatic heterocycles. The topological polar surface area (TPSA) is 66.5 Å². The van der Waals surface area contributed by atoms with Crippen LogP contribution in [0, 0.1) is 0 Å². The third kappa shape index (κ3) is 4.70. The van der Waals surface area contributed by atoms with Crippen LogP contribution in [0.2, 0.25) is 0 Å². The first-order valence-electron chi connectivity index (χ1n) is 8.59. The van der Waals surface area contributed by atoms with E-state index in [9.17, 15) is 4.79 Å². The molecule has 0 saturated carbocycles. The Labute approximate surface area is 148 Å². The average Bonchev–Trinajstić information content (AvgIpc) is 2.68. The molecule has 2 amide bonds. The monoisotopic (exact) mass is 340 g/mol. The molecule has 1 aliphatic heterocycles. The maximum atomic E-state index is 12.7.